The second-order valence-corrected chi connectivity index (χ2v) is 2.21. The van der Waals surface area contributed by atoms with E-state index in [0.717, 1.165) is 0 Å². The van der Waals surface area contributed by atoms with Gasteiger partial charge >= 0.3 is 5.97 Å². The fraction of sp³-hybridized carbons (Fsp3) is 0.667. The number of ether oxygens (including phenoxy) is 1. The van der Waals surface area contributed by atoms with Crippen LogP contribution in [0, 0.1) is 0 Å². The van der Waals surface area contributed by atoms with Crippen LogP contribution in [0.25, 0.3) is 0 Å². The van der Waals surface area contributed by atoms with Crippen molar-refractivity contribution in [3.63, 3.8) is 0 Å². The molecule has 0 aromatic heterocycles. The maximum Gasteiger partial charge on any atom is 0.329 e. The van der Waals surface area contributed by atoms with Gasteiger partial charge in [-0.2, -0.15) is 0 Å². The summed E-state index contributed by atoms with van der Waals surface area (Å²) in [5.74, 6) is -0.806. The molecule has 5 heteroatoms. The maximum absolute atomic E-state index is 10.8. The number of amides is 1. The number of hydrogen-bond acceptors (Lipinski definition) is 3. The molecule has 0 heterocycles. The number of carbonyl (C=O) groups excluding carboxylic acids is 2. The van der Waals surface area contributed by atoms with Gasteiger partial charge in [0.2, 0.25) is 5.91 Å². The number of hydrogen-bond donors (Lipinski definition) is 1. The highest BCUT2D eigenvalue weighted by Crippen LogP contribution is 1.89. The van der Waals surface area contributed by atoms with Gasteiger partial charge in [0.05, 0.1) is 0 Å². The van der Waals surface area contributed by atoms with E-state index in [9.17, 15) is 9.59 Å². The van der Waals surface area contributed by atoms with Crippen LogP contribution in [0.15, 0.2) is 0 Å². The number of halogens is 1. The van der Waals surface area contributed by atoms with Gasteiger partial charge in [0.15, 0.2) is 6.07 Å². The zero-order valence-electron chi connectivity index (χ0n) is 6.39. The minimum absolute atomic E-state index is 0.192. The van der Waals surface area contributed by atoms with E-state index >= 15 is 0 Å². The molecule has 0 aromatic carbocycles. The molecule has 1 amide bonds. The third-order valence-electron chi connectivity index (χ3n) is 0.970. The molecule has 11 heavy (non-hydrogen) atoms. The minimum Gasteiger partial charge on any atom is -0.448 e. The first kappa shape index (κ1) is 10.2. The van der Waals surface area contributed by atoms with Crippen molar-refractivity contribution in [3.05, 3.63) is 0 Å². The molecule has 1 N–H and O–H groups in total. The fourth-order valence-corrected chi connectivity index (χ4v) is 0.650. The largest absolute Gasteiger partial charge is 0.448 e. The predicted octanol–water partition coefficient (Wildman–Crippen LogP) is 0.251. The van der Waals surface area contributed by atoms with E-state index < -0.39 is 12.0 Å². The van der Waals surface area contributed by atoms with E-state index in [0.29, 0.717) is 0 Å². The molecule has 0 spiro atoms. The fourth-order valence-electron chi connectivity index (χ4n) is 0.543. The SMILES string of the molecule is CC(=O)NC(C)C(=O)OCCl. The Bertz CT molecular complexity index is 160. The van der Waals surface area contributed by atoms with Gasteiger partial charge in [-0.3, -0.25) is 4.79 Å². The lowest BCUT2D eigenvalue weighted by Gasteiger charge is -2.09. The van der Waals surface area contributed by atoms with Crippen LogP contribution >= 0.6 is 11.6 Å². The summed E-state index contributed by atoms with van der Waals surface area (Å²) in [7, 11) is 0. The Balaban J connectivity index is 3.73. The van der Waals surface area contributed by atoms with Gasteiger partial charge in [-0.25, -0.2) is 4.79 Å². The van der Waals surface area contributed by atoms with E-state index in [2.05, 4.69) is 10.1 Å². The second-order valence-electron chi connectivity index (χ2n) is 1.99. The van der Waals surface area contributed by atoms with Crippen molar-refractivity contribution < 1.29 is 14.3 Å². The van der Waals surface area contributed by atoms with E-state index in [-0.39, 0.29) is 12.0 Å². The summed E-state index contributed by atoms with van der Waals surface area (Å²) in [5.41, 5.74) is 0. The highest BCUT2D eigenvalue weighted by molar-refractivity contribution is 6.17. The third kappa shape index (κ3) is 4.61. The lowest BCUT2D eigenvalue weighted by molar-refractivity contribution is -0.145. The summed E-state index contributed by atoms with van der Waals surface area (Å²) in [6, 6.07) is -0.825. The molecule has 0 aliphatic rings. The highest BCUT2D eigenvalue weighted by atomic mass is 35.5. The molecule has 0 radical (unpaired) electrons. The molecule has 0 aliphatic heterocycles. The minimum atomic E-state index is -0.633. The van der Waals surface area contributed by atoms with Crippen LogP contribution in [-0.2, 0) is 14.3 Å². The summed E-state index contributed by atoms with van der Waals surface area (Å²) in [5, 5.41) is 2.36. The third-order valence-corrected chi connectivity index (χ3v) is 1.08. The number of carbonyl (C=O) groups is 2. The summed E-state index contributed by atoms with van der Waals surface area (Å²) >= 11 is 5.12. The topological polar surface area (TPSA) is 55.4 Å². The van der Waals surface area contributed by atoms with Gasteiger partial charge in [-0.15, -0.1) is 0 Å². The maximum atomic E-state index is 10.8. The molecular formula is C6H10ClNO3. The van der Waals surface area contributed by atoms with Crippen LogP contribution in [0.4, 0.5) is 0 Å². The summed E-state index contributed by atoms with van der Waals surface area (Å²) in [6.07, 6.45) is 0. The molecule has 0 fully saturated rings. The molecule has 0 rings (SSSR count). The molecule has 0 aromatic rings. The predicted molar refractivity (Wildman–Crippen MR) is 40.1 cm³/mol. The van der Waals surface area contributed by atoms with E-state index in [1.807, 2.05) is 0 Å². The van der Waals surface area contributed by atoms with Crippen molar-refractivity contribution in [2.45, 2.75) is 19.9 Å². The molecular weight excluding hydrogens is 170 g/mol. The van der Waals surface area contributed by atoms with E-state index in [1.165, 1.54) is 13.8 Å². The second kappa shape index (κ2) is 4.96. The van der Waals surface area contributed by atoms with Crippen LogP contribution in [0.1, 0.15) is 13.8 Å². The number of rotatable bonds is 3. The van der Waals surface area contributed by atoms with Crippen molar-refractivity contribution in [2.75, 3.05) is 6.07 Å². The number of alkyl halides is 1. The van der Waals surface area contributed by atoms with Gasteiger partial charge in [0.25, 0.3) is 0 Å². The quantitative estimate of drug-likeness (QED) is 0.499. The van der Waals surface area contributed by atoms with Crippen molar-refractivity contribution in [3.8, 4) is 0 Å². The van der Waals surface area contributed by atoms with Crippen LogP contribution in [0.3, 0.4) is 0 Å². The first-order chi connectivity index (χ1) is 5.07. The van der Waals surface area contributed by atoms with Crippen LogP contribution < -0.4 is 5.32 Å². The Hall–Kier alpha value is -0.770. The Labute approximate surface area is 69.9 Å². The molecule has 0 aliphatic carbocycles. The first-order valence-corrected chi connectivity index (χ1v) is 3.61. The highest BCUT2D eigenvalue weighted by Gasteiger charge is 2.13. The normalized spacial score (nSPS) is 11.9. The van der Waals surface area contributed by atoms with Crippen molar-refractivity contribution in [2.24, 2.45) is 0 Å². The number of nitrogens with one attached hydrogen (secondary N) is 1. The molecule has 4 nitrogen and oxygen atoms in total. The molecule has 1 atom stereocenters. The number of esters is 1. The Morgan fingerprint density at radius 3 is 2.55 bits per heavy atom. The summed E-state index contributed by atoms with van der Waals surface area (Å²) in [4.78, 5) is 21.2. The van der Waals surface area contributed by atoms with Gasteiger partial charge in [0.1, 0.15) is 6.04 Å². The molecule has 0 bridgehead atoms. The van der Waals surface area contributed by atoms with Crippen molar-refractivity contribution >= 4 is 23.5 Å². The van der Waals surface area contributed by atoms with E-state index in [1.54, 1.807) is 0 Å². The first-order valence-electron chi connectivity index (χ1n) is 3.07. The lowest BCUT2D eigenvalue weighted by Crippen LogP contribution is -2.38. The van der Waals surface area contributed by atoms with Crippen molar-refractivity contribution in [1.29, 1.82) is 0 Å². The van der Waals surface area contributed by atoms with Crippen LogP contribution in [-0.4, -0.2) is 24.0 Å². The Kier molecular flexibility index (Phi) is 4.61. The van der Waals surface area contributed by atoms with Gasteiger partial charge in [-0.1, -0.05) is 11.6 Å². The van der Waals surface area contributed by atoms with Crippen molar-refractivity contribution in [1.82, 2.24) is 5.32 Å². The van der Waals surface area contributed by atoms with Crippen LogP contribution in [0.2, 0.25) is 0 Å². The average molecular weight is 180 g/mol. The average Bonchev–Trinajstić information content (AvgIpc) is 1.86. The monoisotopic (exact) mass is 179 g/mol. The molecule has 1 unspecified atom stereocenters. The summed E-state index contributed by atoms with van der Waals surface area (Å²) in [6.45, 7) is 2.85. The van der Waals surface area contributed by atoms with E-state index in [4.69, 9.17) is 11.6 Å². The molecule has 64 valence electrons. The van der Waals surface area contributed by atoms with Gasteiger partial charge in [-0.05, 0) is 6.92 Å². The summed E-state index contributed by atoms with van der Waals surface area (Å²) < 4.78 is 4.42. The molecule has 0 saturated carbocycles. The van der Waals surface area contributed by atoms with Gasteiger partial charge in [0, 0.05) is 6.92 Å². The molecule has 0 saturated heterocycles. The zero-order chi connectivity index (χ0) is 8.85. The standard InChI is InChI=1S/C6H10ClNO3/c1-4(8-5(2)9)6(10)11-3-7/h4H,3H2,1-2H3,(H,8,9). The zero-order valence-corrected chi connectivity index (χ0v) is 7.14. The van der Waals surface area contributed by atoms with Crippen LogP contribution in [0.5, 0.6) is 0 Å². The lowest BCUT2D eigenvalue weighted by atomic mass is 10.3. The Morgan fingerprint density at radius 2 is 2.18 bits per heavy atom. The van der Waals surface area contributed by atoms with Gasteiger partial charge < -0.3 is 10.1 Å². The Morgan fingerprint density at radius 1 is 1.64 bits per heavy atom. The smallest absolute Gasteiger partial charge is 0.329 e.